The molecule has 14 heavy (non-hydrogen) atoms. The second-order valence-electron chi connectivity index (χ2n) is 3.28. The number of fused-ring (bicyclic) bond motifs is 1. The summed E-state index contributed by atoms with van der Waals surface area (Å²) in [6.07, 6.45) is 0.503. The molecular formula is C10H11BrN2O. The van der Waals surface area contributed by atoms with Crippen LogP contribution in [0.1, 0.15) is 5.56 Å². The Bertz CT molecular complexity index is 378. The second kappa shape index (κ2) is 3.71. The quantitative estimate of drug-likeness (QED) is 0.865. The van der Waals surface area contributed by atoms with Gasteiger partial charge in [0.05, 0.1) is 6.42 Å². The number of carbonyl (C=O) groups excluding carboxylic acids is 1. The summed E-state index contributed by atoms with van der Waals surface area (Å²) in [5.74, 6) is 0.142. The van der Waals surface area contributed by atoms with Crippen molar-refractivity contribution in [3.63, 3.8) is 0 Å². The summed E-state index contributed by atoms with van der Waals surface area (Å²) >= 11 is 3.39. The standard InChI is InChI=1S/C10H11BrN2O/c11-8-2-1-7-5-10(14)13(4-3-12)9(7)6-8/h1-2,6H,3-5,12H2. The Balaban J connectivity index is 2.39. The number of amides is 1. The van der Waals surface area contributed by atoms with E-state index in [0.717, 1.165) is 15.7 Å². The molecule has 1 aliphatic rings. The van der Waals surface area contributed by atoms with Crippen molar-refractivity contribution in [2.24, 2.45) is 5.73 Å². The first-order valence-electron chi connectivity index (χ1n) is 4.51. The molecular weight excluding hydrogens is 244 g/mol. The summed E-state index contributed by atoms with van der Waals surface area (Å²) < 4.78 is 0.993. The molecule has 1 aromatic carbocycles. The lowest BCUT2D eigenvalue weighted by molar-refractivity contribution is -0.117. The van der Waals surface area contributed by atoms with E-state index < -0.39 is 0 Å². The molecule has 0 radical (unpaired) electrons. The first kappa shape index (κ1) is 9.68. The van der Waals surface area contributed by atoms with E-state index >= 15 is 0 Å². The minimum absolute atomic E-state index is 0.142. The lowest BCUT2D eigenvalue weighted by atomic mass is 10.2. The molecule has 4 heteroatoms. The molecule has 1 aliphatic heterocycles. The minimum atomic E-state index is 0.142. The fraction of sp³-hybridized carbons (Fsp3) is 0.300. The van der Waals surface area contributed by atoms with Crippen LogP contribution in [0.2, 0.25) is 0 Å². The summed E-state index contributed by atoms with van der Waals surface area (Å²) in [7, 11) is 0. The summed E-state index contributed by atoms with van der Waals surface area (Å²) in [4.78, 5) is 13.3. The minimum Gasteiger partial charge on any atom is -0.329 e. The van der Waals surface area contributed by atoms with Gasteiger partial charge in [-0.2, -0.15) is 0 Å². The maximum absolute atomic E-state index is 11.6. The highest BCUT2D eigenvalue weighted by Crippen LogP contribution is 2.31. The molecule has 0 atom stereocenters. The van der Waals surface area contributed by atoms with E-state index in [2.05, 4.69) is 15.9 Å². The van der Waals surface area contributed by atoms with Crippen LogP contribution in [-0.4, -0.2) is 19.0 Å². The van der Waals surface area contributed by atoms with Crippen LogP contribution in [0.4, 0.5) is 5.69 Å². The van der Waals surface area contributed by atoms with Gasteiger partial charge in [0.15, 0.2) is 0 Å². The first-order valence-corrected chi connectivity index (χ1v) is 5.30. The number of hydrogen-bond acceptors (Lipinski definition) is 2. The van der Waals surface area contributed by atoms with Gasteiger partial charge in [0.1, 0.15) is 0 Å². The zero-order valence-corrected chi connectivity index (χ0v) is 9.25. The molecule has 1 heterocycles. The molecule has 0 spiro atoms. The van der Waals surface area contributed by atoms with Gasteiger partial charge in [-0.3, -0.25) is 4.79 Å². The summed E-state index contributed by atoms with van der Waals surface area (Å²) in [6.45, 7) is 1.10. The number of nitrogens with two attached hydrogens (primary N) is 1. The Morgan fingerprint density at radius 3 is 3.00 bits per heavy atom. The number of carbonyl (C=O) groups is 1. The van der Waals surface area contributed by atoms with Gasteiger partial charge in [-0.1, -0.05) is 22.0 Å². The maximum Gasteiger partial charge on any atom is 0.231 e. The van der Waals surface area contributed by atoms with Crippen molar-refractivity contribution in [3.8, 4) is 0 Å². The molecule has 1 aromatic rings. The molecule has 2 N–H and O–H groups in total. The van der Waals surface area contributed by atoms with Crippen molar-refractivity contribution >= 4 is 27.5 Å². The van der Waals surface area contributed by atoms with Crippen LogP contribution >= 0.6 is 15.9 Å². The highest BCUT2D eigenvalue weighted by atomic mass is 79.9. The second-order valence-corrected chi connectivity index (χ2v) is 4.20. The third-order valence-corrected chi connectivity index (χ3v) is 2.83. The van der Waals surface area contributed by atoms with Crippen molar-refractivity contribution < 1.29 is 4.79 Å². The van der Waals surface area contributed by atoms with Crippen LogP contribution in [-0.2, 0) is 11.2 Å². The molecule has 0 saturated carbocycles. The Morgan fingerprint density at radius 2 is 2.29 bits per heavy atom. The van der Waals surface area contributed by atoms with Crippen LogP contribution in [0, 0.1) is 0 Å². The predicted octanol–water partition coefficient (Wildman–Crippen LogP) is 1.30. The molecule has 0 aliphatic carbocycles. The Morgan fingerprint density at radius 1 is 1.50 bits per heavy atom. The van der Waals surface area contributed by atoms with E-state index in [1.54, 1.807) is 4.90 Å². The predicted molar refractivity (Wildman–Crippen MR) is 59.3 cm³/mol. The van der Waals surface area contributed by atoms with E-state index in [4.69, 9.17) is 5.73 Å². The number of benzene rings is 1. The third kappa shape index (κ3) is 1.55. The van der Waals surface area contributed by atoms with Crippen LogP contribution in [0.25, 0.3) is 0 Å². The average Bonchev–Trinajstić information content (AvgIpc) is 2.45. The van der Waals surface area contributed by atoms with Crippen LogP contribution in [0.3, 0.4) is 0 Å². The summed E-state index contributed by atoms with van der Waals surface area (Å²) in [6, 6.07) is 5.90. The Labute approximate surface area is 91.0 Å². The third-order valence-electron chi connectivity index (χ3n) is 2.33. The maximum atomic E-state index is 11.6. The first-order chi connectivity index (χ1) is 6.72. The lowest BCUT2D eigenvalue weighted by Crippen LogP contribution is -2.31. The van der Waals surface area contributed by atoms with Crippen molar-refractivity contribution in [2.75, 3.05) is 18.0 Å². The van der Waals surface area contributed by atoms with Gasteiger partial charge in [0, 0.05) is 23.2 Å². The van der Waals surface area contributed by atoms with E-state index in [1.807, 2.05) is 18.2 Å². The smallest absolute Gasteiger partial charge is 0.231 e. The van der Waals surface area contributed by atoms with Crippen LogP contribution in [0.5, 0.6) is 0 Å². The average molecular weight is 255 g/mol. The molecule has 0 saturated heterocycles. The van der Waals surface area contributed by atoms with Crippen molar-refractivity contribution in [1.29, 1.82) is 0 Å². The molecule has 0 bridgehead atoms. The summed E-state index contributed by atoms with van der Waals surface area (Å²) in [5, 5.41) is 0. The fourth-order valence-corrected chi connectivity index (χ4v) is 2.05. The number of nitrogens with zero attached hydrogens (tertiary/aromatic N) is 1. The largest absolute Gasteiger partial charge is 0.329 e. The van der Waals surface area contributed by atoms with Gasteiger partial charge in [-0.15, -0.1) is 0 Å². The SMILES string of the molecule is NCCN1C(=O)Cc2ccc(Br)cc21. The van der Waals surface area contributed by atoms with Gasteiger partial charge in [0.25, 0.3) is 0 Å². The van der Waals surface area contributed by atoms with Crippen molar-refractivity contribution in [1.82, 2.24) is 0 Å². The van der Waals surface area contributed by atoms with E-state index in [-0.39, 0.29) is 5.91 Å². The molecule has 0 fully saturated rings. The molecule has 0 aromatic heterocycles. The van der Waals surface area contributed by atoms with Crippen LogP contribution in [0.15, 0.2) is 22.7 Å². The molecule has 0 unspecified atom stereocenters. The number of hydrogen-bond donors (Lipinski definition) is 1. The van der Waals surface area contributed by atoms with Gasteiger partial charge in [0.2, 0.25) is 5.91 Å². The van der Waals surface area contributed by atoms with Gasteiger partial charge in [-0.25, -0.2) is 0 Å². The fourth-order valence-electron chi connectivity index (χ4n) is 1.70. The van der Waals surface area contributed by atoms with Gasteiger partial charge < -0.3 is 10.6 Å². The van der Waals surface area contributed by atoms with Crippen molar-refractivity contribution in [3.05, 3.63) is 28.2 Å². The van der Waals surface area contributed by atoms with Crippen molar-refractivity contribution in [2.45, 2.75) is 6.42 Å². The molecule has 1 amide bonds. The zero-order chi connectivity index (χ0) is 10.1. The van der Waals surface area contributed by atoms with Crippen LogP contribution < -0.4 is 10.6 Å². The van der Waals surface area contributed by atoms with E-state index in [9.17, 15) is 4.79 Å². The molecule has 2 rings (SSSR count). The highest BCUT2D eigenvalue weighted by Gasteiger charge is 2.26. The normalized spacial score (nSPS) is 14.7. The monoisotopic (exact) mass is 254 g/mol. The van der Waals surface area contributed by atoms with E-state index in [1.165, 1.54) is 0 Å². The zero-order valence-electron chi connectivity index (χ0n) is 7.66. The topological polar surface area (TPSA) is 46.3 Å². The lowest BCUT2D eigenvalue weighted by Gasteiger charge is -2.16. The van der Waals surface area contributed by atoms with Gasteiger partial charge in [-0.05, 0) is 17.7 Å². The number of rotatable bonds is 2. The molecule has 3 nitrogen and oxygen atoms in total. The molecule has 74 valence electrons. The number of halogens is 1. The summed E-state index contributed by atoms with van der Waals surface area (Å²) in [5.41, 5.74) is 7.54. The highest BCUT2D eigenvalue weighted by molar-refractivity contribution is 9.10. The van der Waals surface area contributed by atoms with Gasteiger partial charge >= 0.3 is 0 Å². The van der Waals surface area contributed by atoms with E-state index in [0.29, 0.717) is 19.5 Å². The Kier molecular flexibility index (Phi) is 2.56. The Hall–Kier alpha value is -0.870. The number of anilines is 1.